The number of hydrogen-bond acceptors (Lipinski definition) is 3. The smallest absolute Gasteiger partial charge is 0.406 e. The number of alkyl halides is 3. The molecule has 3 rings (SSSR count). The molecule has 0 aliphatic rings. The van der Waals surface area contributed by atoms with Crippen LogP contribution in [0.25, 0.3) is 11.1 Å². The maximum atomic E-state index is 14.4. The van der Waals surface area contributed by atoms with E-state index in [-0.39, 0.29) is 11.1 Å². The number of thiocarbonyl (C=S) groups is 1. The summed E-state index contributed by atoms with van der Waals surface area (Å²) in [6.45, 7) is 0. The second-order valence-corrected chi connectivity index (χ2v) is 6.19. The van der Waals surface area contributed by atoms with E-state index in [2.05, 4.69) is 33.8 Å². The molecule has 0 fully saturated rings. The zero-order valence-corrected chi connectivity index (χ0v) is 16.0. The third kappa shape index (κ3) is 5.72. The molecule has 0 radical (unpaired) electrons. The van der Waals surface area contributed by atoms with Crippen molar-refractivity contribution in [1.82, 2.24) is 0 Å². The van der Waals surface area contributed by atoms with Crippen molar-refractivity contribution in [2.24, 2.45) is 4.99 Å². The third-order valence-corrected chi connectivity index (χ3v) is 4.00. The van der Waals surface area contributed by atoms with E-state index in [4.69, 9.17) is 0 Å². The van der Waals surface area contributed by atoms with Gasteiger partial charge in [-0.05, 0) is 59.7 Å². The molecule has 3 aromatic rings. The Balaban J connectivity index is 1.83. The quantitative estimate of drug-likeness (QED) is 0.190. The third-order valence-electron chi connectivity index (χ3n) is 3.91. The fourth-order valence-electron chi connectivity index (χ4n) is 2.57. The summed E-state index contributed by atoms with van der Waals surface area (Å²) >= 11 is 4.32. The lowest BCUT2D eigenvalue weighted by Crippen LogP contribution is -2.16. The minimum atomic E-state index is -4.81. The number of nitrogens with zero attached hydrogens (tertiary/aromatic N) is 1. The molecule has 31 heavy (non-hydrogen) atoms. The van der Waals surface area contributed by atoms with Gasteiger partial charge in [0, 0.05) is 5.56 Å². The van der Waals surface area contributed by atoms with Gasteiger partial charge in [-0.3, -0.25) is 0 Å². The van der Waals surface area contributed by atoms with Crippen LogP contribution in [0.5, 0.6) is 5.75 Å². The van der Waals surface area contributed by atoms with E-state index in [0.717, 1.165) is 30.3 Å². The zero-order valence-electron chi connectivity index (χ0n) is 15.2. The van der Waals surface area contributed by atoms with Gasteiger partial charge < -0.3 is 4.74 Å². The molecule has 0 aliphatic heterocycles. The van der Waals surface area contributed by atoms with Crippen molar-refractivity contribution in [2.45, 2.75) is 6.36 Å². The molecule has 9 heteroatoms. The number of aliphatic imine (C=N–C) groups is 1. The Morgan fingerprint density at radius 1 is 0.774 bits per heavy atom. The van der Waals surface area contributed by atoms with Crippen LogP contribution < -0.4 is 4.74 Å². The molecule has 0 atom stereocenters. The molecule has 0 heterocycles. The lowest BCUT2D eigenvalue weighted by atomic mass is 10.0. The van der Waals surface area contributed by atoms with Crippen LogP contribution in [0, 0.1) is 29.3 Å². The largest absolute Gasteiger partial charge is 0.573 e. The standard InChI is InChI=1S/C22H9F6NOS/c23-18-11-16(14-5-7-17(8-6-14)30-22(26,27)28)4-3-15(18)2-1-13-9-19(24)21(29-12-31)20(25)10-13/h3-11H. The Morgan fingerprint density at radius 2 is 1.39 bits per heavy atom. The van der Waals surface area contributed by atoms with Crippen LogP contribution in [0.1, 0.15) is 11.1 Å². The molecular weight excluding hydrogens is 440 g/mol. The van der Waals surface area contributed by atoms with E-state index in [1.165, 1.54) is 24.3 Å². The lowest BCUT2D eigenvalue weighted by Gasteiger charge is -2.09. The SMILES string of the molecule is Fc1cc(-c2ccc(OC(F)(F)F)cc2)ccc1C#Cc1cc(F)c(N=C=S)c(F)c1. The van der Waals surface area contributed by atoms with E-state index in [1.54, 1.807) is 0 Å². The Hall–Kier alpha value is -3.60. The van der Waals surface area contributed by atoms with Crippen LogP contribution in [0.2, 0.25) is 0 Å². The lowest BCUT2D eigenvalue weighted by molar-refractivity contribution is -0.274. The van der Waals surface area contributed by atoms with Crippen molar-refractivity contribution in [3.8, 4) is 28.7 Å². The minimum Gasteiger partial charge on any atom is -0.406 e. The average Bonchev–Trinajstić information content (AvgIpc) is 2.69. The summed E-state index contributed by atoms with van der Waals surface area (Å²) in [5.41, 5.74) is 0.167. The highest BCUT2D eigenvalue weighted by molar-refractivity contribution is 7.78. The van der Waals surface area contributed by atoms with Crippen LogP contribution in [-0.4, -0.2) is 11.5 Å². The summed E-state index contributed by atoms with van der Waals surface area (Å²) in [6.07, 6.45) is -4.81. The minimum absolute atomic E-state index is 0.0393. The van der Waals surface area contributed by atoms with Gasteiger partial charge >= 0.3 is 6.36 Å². The van der Waals surface area contributed by atoms with Crippen molar-refractivity contribution in [2.75, 3.05) is 0 Å². The highest BCUT2D eigenvalue weighted by Gasteiger charge is 2.30. The molecule has 0 amide bonds. The first kappa shape index (κ1) is 22.1. The summed E-state index contributed by atoms with van der Waals surface area (Å²) in [5.74, 6) is 1.84. The van der Waals surface area contributed by atoms with Gasteiger partial charge in [0.1, 0.15) is 17.3 Å². The molecule has 156 valence electrons. The Bertz CT molecular complexity index is 1210. The molecule has 0 saturated heterocycles. The van der Waals surface area contributed by atoms with Gasteiger partial charge in [0.25, 0.3) is 0 Å². The van der Waals surface area contributed by atoms with Gasteiger partial charge in [-0.25, -0.2) is 13.2 Å². The van der Waals surface area contributed by atoms with E-state index in [9.17, 15) is 26.3 Å². The van der Waals surface area contributed by atoms with Gasteiger partial charge in [0.2, 0.25) is 0 Å². The van der Waals surface area contributed by atoms with Gasteiger partial charge in [-0.1, -0.05) is 30.0 Å². The first-order valence-electron chi connectivity index (χ1n) is 8.41. The van der Waals surface area contributed by atoms with Crippen molar-refractivity contribution < 1.29 is 31.1 Å². The molecule has 0 saturated carbocycles. The summed E-state index contributed by atoms with van der Waals surface area (Å²) in [6, 6.07) is 10.7. The monoisotopic (exact) mass is 449 g/mol. The van der Waals surface area contributed by atoms with Crippen LogP contribution in [0.15, 0.2) is 59.6 Å². The maximum Gasteiger partial charge on any atom is 0.573 e. The number of isothiocyanates is 1. The van der Waals surface area contributed by atoms with Crippen LogP contribution in [0.3, 0.4) is 0 Å². The van der Waals surface area contributed by atoms with Gasteiger partial charge in [-0.2, -0.15) is 4.99 Å². The van der Waals surface area contributed by atoms with Gasteiger partial charge in [-0.15, -0.1) is 13.2 Å². The molecule has 0 unspecified atom stereocenters. The predicted molar refractivity (Wildman–Crippen MR) is 106 cm³/mol. The average molecular weight is 449 g/mol. The van der Waals surface area contributed by atoms with Crippen LogP contribution in [0.4, 0.5) is 32.0 Å². The predicted octanol–water partition coefficient (Wildman–Crippen LogP) is 6.80. The molecule has 3 aromatic carbocycles. The summed E-state index contributed by atoms with van der Waals surface area (Å²) in [5, 5.41) is 1.87. The normalized spacial score (nSPS) is 10.6. The fraction of sp³-hybridized carbons (Fsp3) is 0.0455. The summed E-state index contributed by atoms with van der Waals surface area (Å²) in [7, 11) is 0. The topological polar surface area (TPSA) is 21.6 Å². The second-order valence-electron chi connectivity index (χ2n) is 6.01. The number of rotatable bonds is 3. The first-order chi connectivity index (χ1) is 14.7. The van der Waals surface area contributed by atoms with E-state index in [0.29, 0.717) is 11.1 Å². The highest BCUT2D eigenvalue weighted by atomic mass is 32.1. The van der Waals surface area contributed by atoms with Crippen LogP contribution in [-0.2, 0) is 0 Å². The van der Waals surface area contributed by atoms with Gasteiger partial charge in [0.15, 0.2) is 11.6 Å². The number of hydrogen-bond donors (Lipinski definition) is 0. The zero-order chi connectivity index (χ0) is 22.6. The van der Waals surface area contributed by atoms with Crippen molar-refractivity contribution in [3.63, 3.8) is 0 Å². The first-order valence-corrected chi connectivity index (χ1v) is 8.82. The molecule has 0 bridgehead atoms. The Morgan fingerprint density at radius 3 is 1.94 bits per heavy atom. The van der Waals surface area contributed by atoms with Crippen molar-refractivity contribution in [1.29, 1.82) is 0 Å². The van der Waals surface area contributed by atoms with Crippen molar-refractivity contribution in [3.05, 3.63) is 83.2 Å². The Kier molecular flexibility index (Phi) is 6.44. The van der Waals surface area contributed by atoms with E-state index >= 15 is 0 Å². The van der Waals surface area contributed by atoms with Crippen LogP contribution >= 0.6 is 12.2 Å². The fourth-order valence-corrected chi connectivity index (χ4v) is 2.67. The molecule has 0 N–H and O–H groups in total. The maximum absolute atomic E-state index is 14.4. The number of halogens is 6. The second kappa shape index (κ2) is 9.04. The molecule has 0 aromatic heterocycles. The molecule has 0 aliphatic carbocycles. The van der Waals surface area contributed by atoms with E-state index < -0.39 is 35.3 Å². The molecular formula is C22H9F6NOS. The molecule has 0 spiro atoms. The molecule has 2 nitrogen and oxygen atoms in total. The van der Waals surface area contributed by atoms with Gasteiger partial charge in [0.05, 0.1) is 10.7 Å². The number of ether oxygens (including phenoxy) is 1. The van der Waals surface area contributed by atoms with Crippen molar-refractivity contribution >= 4 is 23.1 Å². The highest BCUT2D eigenvalue weighted by Crippen LogP contribution is 2.27. The Labute approximate surface area is 177 Å². The number of benzene rings is 3. The summed E-state index contributed by atoms with van der Waals surface area (Å²) < 4.78 is 82.5. The van der Waals surface area contributed by atoms with E-state index in [1.807, 2.05) is 5.16 Å². The summed E-state index contributed by atoms with van der Waals surface area (Å²) in [4.78, 5) is 3.28.